The highest BCUT2D eigenvalue weighted by Crippen LogP contribution is 2.30. The Labute approximate surface area is 94.5 Å². The molecular weight excluding hydrogens is 216 g/mol. The molecule has 5 heteroatoms. The van der Waals surface area contributed by atoms with Gasteiger partial charge in [0.1, 0.15) is 6.10 Å². The van der Waals surface area contributed by atoms with Crippen LogP contribution in [0.1, 0.15) is 33.6 Å². The van der Waals surface area contributed by atoms with E-state index in [1.54, 1.807) is 0 Å². The molecule has 0 radical (unpaired) electrons. The van der Waals surface area contributed by atoms with Crippen LogP contribution in [0.3, 0.4) is 0 Å². The van der Waals surface area contributed by atoms with E-state index in [9.17, 15) is 13.6 Å². The van der Waals surface area contributed by atoms with Gasteiger partial charge in [-0.15, -0.1) is 0 Å². The van der Waals surface area contributed by atoms with Crippen LogP contribution in [0.25, 0.3) is 0 Å². The number of ether oxygens (including phenoxy) is 1. The van der Waals surface area contributed by atoms with Crippen LogP contribution in [0.5, 0.6) is 0 Å². The molecule has 1 heterocycles. The maximum atomic E-state index is 12.9. The summed E-state index contributed by atoms with van der Waals surface area (Å²) in [5.74, 6) is -4.26. The Bertz CT molecular complexity index is 256. The lowest BCUT2D eigenvalue weighted by Crippen LogP contribution is -2.38. The quantitative estimate of drug-likeness (QED) is 0.740. The Morgan fingerprint density at radius 1 is 1.56 bits per heavy atom. The van der Waals surface area contributed by atoms with E-state index in [1.165, 1.54) is 0 Å². The van der Waals surface area contributed by atoms with Crippen molar-refractivity contribution in [2.45, 2.75) is 51.7 Å². The van der Waals surface area contributed by atoms with Crippen LogP contribution in [0.15, 0.2) is 0 Å². The smallest absolute Gasteiger partial charge is 0.377 e. The van der Waals surface area contributed by atoms with Crippen LogP contribution in [0, 0.1) is 5.92 Å². The number of hydrogen-bond donors (Lipinski definition) is 1. The monoisotopic (exact) mass is 235 g/mol. The summed E-state index contributed by atoms with van der Waals surface area (Å²) in [6.07, 6.45) is -0.280. The molecule has 1 N–H and O–H groups in total. The van der Waals surface area contributed by atoms with Gasteiger partial charge in [-0.3, -0.25) is 0 Å². The molecule has 0 aromatic rings. The van der Waals surface area contributed by atoms with E-state index in [0.29, 0.717) is 12.5 Å². The second kappa shape index (κ2) is 5.08. The first kappa shape index (κ1) is 13.4. The highest BCUT2D eigenvalue weighted by Gasteiger charge is 2.50. The van der Waals surface area contributed by atoms with Gasteiger partial charge in [-0.05, 0) is 12.3 Å². The van der Waals surface area contributed by atoms with Gasteiger partial charge < -0.3 is 10.1 Å². The minimum Gasteiger partial charge on any atom is -0.456 e. The Kier molecular flexibility index (Phi) is 4.24. The molecule has 0 aliphatic carbocycles. The molecule has 1 aliphatic heterocycles. The van der Waals surface area contributed by atoms with Gasteiger partial charge in [0, 0.05) is 12.6 Å². The summed E-state index contributed by atoms with van der Waals surface area (Å²) in [5.41, 5.74) is 0. The van der Waals surface area contributed by atoms with Crippen molar-refractivity contribution < 1.29 is 18.3 Å². The van der Waals surface area contributed by atoms with E-state index in [-0.39, 0.29) is 6.04 Å². The summed E-state index contributed by atoms with van der Waals surface area (Å²) < 4.78 is 30.3. The van der Waals surface area contributed by atoms with Gasteiger partial charge in [0.25, 0.3) is 0 Å². The maximum Gasteiger partial charge on any atom is 0.377 e. The third kappa shape index (κ3) is 3.14. The van der Waals surface area contributed by atoms with Crippen molar-refractivity contribution in [2.75, 3.05) is 6.54 Å². The fourth-order valence-corrected chi connectivity index (χ4v) is 1.90. The van der Waals surface area contributed by atoms with Crippen molar-refractivity contribution in [3.63, 3.8) is 0 Å². The van der Waals surface area contributed by atoms with Gasteiger partial charge in [-0.2, -0.15) is 8.78 Å². The molecule has 94 valence electrons. The molecule has 1 aliphatic rings. The summed E-state index contributed by atoms with van der Waals surface area (Å²) in [4.78, 5) is 10.8. The Morgan fingerprint density at radius 2 is 2.19 bits per heavy atom. The second-order valence-corrected chi connectivity index (χ2v) is 4.60. The molecule has 0 spiro atoms. The van der Waals surface area contributed by atoms with Crippen LogP contribution < -0.4 is 5.32 Å². The number of carbonyl (C=O) groups excluding carboxylic acids is 1. The maximum absolute atomic E-state index is 12.9. The summed E-state index contributed by atoms with van der Waals surface area (Å²) in [5, 5.41) is 3.16. The summed E-state index contributed by atoms with van der Waals surface area (Å²) >= 11 is 0. The largest absolute Gasteiger partial charge is 0.456 e. The molecule has 0 aromatic carbocycles. The zero-order chi connectivity index (χ0) is 12.3. The standard InChI is InChI=1S/C11H19F2NO2/c1-4-9(7(2)3)14-6-8-5-11(12,13)10(15)16-8/h7-9,14H,4-6H2,1-3H3. The third-order valence-electron chi connectivity index (χ3n) is 2.91. The molecule has 3 nitrogen and oxygen atoms in total. The van der Waals surface area contributed by atoms with Crippen molar-refractivity contribution in [2.24, 2.45) is 5.92 Å². The number of nitrogens with one attached hydrogen (secondary N) is 1. The van der Waals surface area contributed by atoms with Crippen molar-refractivity contribution >= 4 is 5.97 Å². The minimum absolute atomic E-state index is 0.271. The molecule has 1 rings (SSSR count). The average Bonchev–Trinajstić information content (AvgIpc) is 2.41. The van der Waals surface area contributed by atoms with Crippen LogP contribution >= 0.6 is 0 Å². The van der Waals surface area contributed by atoms with Crippen molar-refractivity contribution in [1.82, 2.24) is 5.32 Å². The van der Waals surface area contributed by atoms with Gasteiger partial charge in [-0.1, -0.05) is 20.8 Å². The lowest BCUT2D eigenvalue weighted by molar-refractivity contribution is -0.159. The fraction of sp³-hybridized carbons (Fsp3) is 0.909. The Morgan fingerprint density at radius 3 is 2.56 bits per heavy atom. The van der Waals surface area contributed by atoms with E-state index in [2.05, 4.69) is 23.9 Å². The molecule has 1 fully saturated rings. The van der Waals surface area contributed by atoms with E-state index in [0.717, 1.165) is 6.42 Å². The van der Waals surface area contributed by atoms with E-state index in [1.807, 2.05) is 6.92 Å². The third-order valence-corrected chi connectivity index (χ3v) is 2.91. The first-order valence-electron chi connectivity index (χ1n) is 5.69. The molecule has 2 unspecified atom stereocenters. The molecule has 0 bridgehead atoms. The number of rotatable bonds is 5. The number of alkyl halides is 2. The average molecular weight is 235 g/mol. The normalized spacial score (nSPS) is 25.9. The first-order valence-corrected chi connectivity index (χ1v) is 5.69. The summed E-state index contributed by atoms with van der Waals surface area (Å²) in [6, 6.07) is 0.271. The zero-order valence-electron chi connectivity index (χ0n) is 9.93. The molecule has 0 saturated carbocycles. The van der Waals surface area contributed by atoms with Gasteiger partial charge in [0.2, 0.25) is 0 Å². The summed E-state index contributed by atoms with van der Waals surface area (Å²) in [7, 11) is 0. The highest BCUT2D eigenvalue weighted by atomic mass is 19.3. The highest BCUT2D eigenvalue weighted by molar-refractivity contribution is 5.79. The number of carbonyl (C=O) groups is 1. The molecule has 0 amide bonds. The van der Waals surface area contributed by atoms with E-state index >= 15 is 0 Å². The number of cyclic esters (lactones) is 1. The lowest BCUT2D eigenvalue weighted by Gasteiger charge is -2.22. The molecule has 2 atom stereocenters. The lowest BCUT2D eigenvalue weighted by atomic mass is 10.0. The van der Waals surface area contributed by atoms with Crippen molar-refractivity contribution in [3.05, 3.63) is 0 Å². The topological polar surface area (TPSA) is 38.3 Å². The van der Waals surface area contributed by atoms with E-state index < -0.39 is 24.4 Å². The van der Waals surface area contributed by atoms with Crippen molar-refractivity contribution in [3.8, 4) is 0 Å². The SMILES string of the molecule is CCC(NCC1CC(F)(F)C(=O)O1)C(C)C. The van der Waals surface area contributed by atoms with Gasteiger partial charge in [-0.25, -0.2) is 4.79 Å². The number of esters is 1. The predicted octanol–water partition coefficient (Wildman–Crippen LogP) is 1.96. The Balaban J connectivity index is 2.38. The van der Waals surface area contributed by atoms with Crippen LogP contribution in [-0.4, -0.2) is 30.6 Å². The van der Waals surface area contributed by atoms with E-state index in [4.69, 9.17) is 0 Å². The van der Waals surface area contributed by atoms with Crippen molar-refractivity contribution in [1.29, 1.82) is 0 Å². The van der Waals surface area contributed by atoms with Gasteiger partial charge >= 0.3 is 11.9 Å². The molecule has 16 heavy (non-hydrogen) atoms. The molecular formula is C11H19F2NO2. The van der Waals surface area contributed by atoms with Gasteiger partial charge in [0.15, 0.2) is 0 Å². The van der Waals surface area contributed by atoms with Crippen LogP contribution in [-0.2, 0) is 9.53 Å². The zero-order valence-corrected chi connectivity index (χ0v) is 9.93. The van der Waals surface area contributed by atoms with Crippen LogP contribution in [0.2, 0.25) is 0 Å². The first-order chi connectivity index (χ1) is 7.36. The van der Waals surface area contributed by atoms with Crippen LogP contribution in [0.4, 0.5) is 8.78 Å². The van der Waals surface area contributed by atoms with Gasteiger partial charge in [0.05, 0.1) is 6.42 Å². The number of halogens is 2. The number of hydrogen-bond acceptors (Lipinski definition) is 3. The Hall–Kier alpha value is -0.710. The second-order valence-electron chi connectivity index (χ2n) is 4.60. The predicted molar refractivity (Wildman–Crippen MR) is 56.4 cm³/mol. The fourth-order valence-electron chi connectivity index (χ4n) is 1.90. The molecule has 1 saturated heterocycles. The summed E-state index contributed by atoms with van der Waals surface area (Å²) in [6.45, 7) is 6.47. The molecule has 0 aromatic heterocycles. The minimum atomic E-state index is -3.30.